The second-order valence-corrected chi connectivity index (χ2v) is 8.88. The van der Waals surface area contributed by atoms with E-state index in [2.05, 4.69) is 24.3 Å². The van der Waals surface area contributed by atoms with Crippen molar-refractivity contribution in [3.8, 4) is 0 Å². The summed E-state index contributed by atoms with van der Waals surface area (Å²) < 4.78 is 29.7. The number of aryl methyl sites for hydroxylation is 1. The van der Waals surface area contributed by atoms with Gasteiger partial charge in [-0.05, 0) is 52.1 Å². The number of hydrogen-bond donors (Lipinski definition) is 1. The Morgan fingerprint density at radius 3 is 2.65 bits per heavy atom. The molecule has 23 heavy (non-hydrogen) atoms. The normalized spacial score (nSPS) is 20.3. The molecule has 2 rings (SSSR count). The topological polar surface area (TPSA) is 67.2 Å². The Kier molecular flexibility index (Phi) is 5.86. The van der Waals surface area contributed by atoms with E-state index in [4.69, 9.17) is 0 Å². The van der Waals surface area contributed by atoms with Crippen LogP contribution in [0.1, 0.15) is 38.1 Å². The maximum atomic E-state index is 13.1. The van der Waals surface area contributed by atoms with E-state index in [0.717, 1.165) is 31.6 Å². The quantitative estimate of drug-likeness (QED) is 0.856. The third-order valence-corrected chi connectivity index (χ3v) is 6.54. The Morgan fingerprint density at radius 2 is 2.04 bits per heavy atom. The second-order valence-electron chi connectivity index (χ2n) is 7.00. The van der Waals surface area contributed by atoms with Gasteiger partial charge in [0, 0.05) is 19.6 Å². The summed E-state index contributed by atoms with van der Waals surface area (Å²) >= 11 is 0. The first-order valence-corrected chi connectivity index (χ1v) is 9.90. The highest BCUT2D eigenvalue weighted by atomic mass is 32.2. The minimum absolute atomic E-state index is 0.384. The van der Waals surface area contributed by atoms with E-state index in [1.165, 1.54) is 0 Å². The lowest BCUT2D eigenvalue weighted by atomic mass is 10.00. The molecule has 0 aromatic carbocycles. The first-order valence-electron chi connectivity index (χ1n) is 8.46. The fourth-order valence-corrected chi connectivity index (χ4v) is 5.33. The molecule has 0 aliphatic carbocycles. The van der Waals surface area contributed by atoms with Crippen LogP contribution in [0.15, 0.2) is 4.90 Å². The standard InChI is InChI=1S/C16H30N4O2S/c1-12(2)10-20-14(4)16(13(3)18-20)23(21,22)19-8-6-7-15(11-19)9-17-5/h12,15,17H,6-11H2,1-5H3. The maximum Gasteiger partial charge on any atom is 0.246 e. The van der Waals surface area contributed by atoms with Crippen molar-refractivity contribution < 1.29 is 8.42 Å². The lowest BCUT2D eigenvalue weighted by Gasteiger charge is -2.31. The lowest BCUT2D eigenvalue weighted by Crippen LogP contribution is -2.42. The minimum atomic E-state index is -3.47. The lowest BCUT2D eigenvalue weighted by molar-refractivity contribution is 0.263. The third-order valence-electron chi connectivity index (χ3n) is 4.43. The molecule has 0 bridgehead atoms. The maximum absolute atomic E-state index is 13.1. The van der Waals surface area contributed by atoms with Crippen molar-refractivity contribution in [2.24, 2.45) is 11.8 Å². The molecule has 6 nitrogen and oxygen atoms in total. The molecule has 1 aromatic rings. The van der Waals surface area contributed by atoms with Crippen LogP contribution in [0.5, 0.6) is 0 Å². The number of nitrogens with one attached hydrogen (secondary N) is 1. The van der Waals surface area contributed by atoms with Crippen LogP contribution < -0.4 is 5.32 Å². The predicted octanol–water partition coefficient (Wildman–Crippen LogP) is 1.78. The van der Waals surface area contributed by atoms with Gasteiger partial charge in [-0.15, -0.1) is 0 Å². The highest BCUT2D eigenvalue weighted by Crippen LogP contribution is 2.28. The smallest absolute Gasteiger partial charge is 0.246 e. The van der Waals surface area contributed by atoms with Gasteiger partial charge in [0.2, 0.25) is 10.0 Å². The third kappa shape index (κ3) is 3.95. The Labute approximate surface area is 140 Å². The zero-order valence-corrected chi connectivity index (χ0v) is 15.8. The molecule has 1 unspecified atom stereocenters. The molecule has 0 spiro atoms. The molecule has 0 saturated carbocycles. The van der Waals surface area contributed by atoms with Crippen molar-refractivity contribution in [3.05, 3.63) is 11.4 Å². The van der Waals surface area contributed by atoms with Gasteiger partial charge in [0.15, 0.2) is 0 Å². The molecule has 1 aliphatic heterocycles. The molecule has 2 heterocycles. The van der Waals surface area contributed by atoms with Crippen molar-refractivity contribution in [2.75, 3.05) is 26.7 Å². The SMILES string of the molecule is CNCC1CCCN(S(=O)(=O)c2c(C)nn(CC(C)C)c2C)C1. The van der Waals surface area contributed by atoms with Crippen LogP contribution in [0.2, 0.25) is 0 Å². The average molecular weight is 343 g/mol. The van der Waals surface area contributed by atoms with Gasteiger partial charge in [0.1, 0.15) is 4.90 Å². The van der Waals surface area contributed by atoms with Gasteiger partial charge in [-0.3, -0.25) is 4.68 Å². The van der Waals surface area contributed by atoms with E-state index in [1.807, 2.05) is 18.7 Å². The molecule has 1 fully saturated rings. The van der Waals surface area contributed by atoms with Crippen LogP contribution in [0, 0.1) is 25.7 Å². The summed E-state index contributed by atoms with van der Waals surface area (Å²) in [6, 6.07) is 0. The molecular weight excluding hydrogens is 312 g/mol. The first kappa shape index (κ1) is 18.4. The summed E-state index contributed by atoms with van der Waals surface area (Å²) in [4.78, 5) is 0.406. The van der Waals surface area contributed by atoms with Crippen molar-refractivity contribution >= 4 is 10.0 Å². The molecule has 132 valence electrons. The van der Waals surface area contributed by atoms with Crippen LogP contribution >= 0.6 is 0 Å². The highest BCUT2D eigenvalue weighted by molar-refractivity contribution is 7.89. The number of hydrogen-bond acceptors (Lipinski definition) is 4. The fraction of sp³-hybridized carbons (Fsp3) is 0.812. The molecule has 1 N–H and O–H groups in total. The van der Waals surface area contributed by atoms with E-state index in [9.17, 15) is 8.42 Å². The number of piperidine rings is 1. The molecular formula is C16H30N4O2S. The van der Waals surface area contributed by atoms with Gasteiger partial charge < -0.3 is 5.32 Å². The van der Waals surface area contributed by atoms with E-state index in [1.54, 1.807) is 11.2 Å². The van der Waals surface area contributed by atoms with Crippen molar-refractivity contribution in [1.29, 1.82) is 0 Å². The summed E-state index contributed by atoms with van der Waals surface area (Å²) in [5, 5.41) is 7.62. The van der Waals surface area contributed by atoms with Crippen LogP contribution in [0.4, 0.5) is 0 Å². The number of aromatic nitrogens is 2. The van der Waals surface area contributed by atoms with Gasteiger partial charge in [-0.1, -0.05) is 13.8 Å². The summed E-state index contributed by atoms with van der Waals surface area (Å²) in [7, 11) is -1.55. The van der Waals surface area contributed by atoms with Gasteiger partial charge >= 0.3 is 0 Å². The molecule has 1 aromatic heterocycles. The van der Waals surface area contributed by atoms with Crippen LogP contribution in [0.25, 0.3) is 0 Å². The first-order chi connectivity index (χ1) is 10.8. The van der Waals surface area contributed by atoms with Gasteiger partial charge in [0.25, 0.3) is 0 Å². The van der Waals surface area contributed by atoms with Crippen molar-refractivity contribution in [3.63, 3.8) is 0 Å². The van der Waals surface area contributed by atoms with E-state index in [0.29, 0.717) is 35.5 Å². The zero-order chi connectivity index (χ0) is 17.2. The summed E-state index contributed by atoms with van der Waals surface area (Å²) in [5.41, 5.74) is 1.37. The number of rotatable bonds is 6. The van der Waals surface area contributed by atoms with Crippen LogP contribution in [-0.4, -0.2) is 49.2 Å². The van der Waals surface area contributed by atoms with E-state index < -0.39 is 10.0 Å². The van der Waals surface area contributed by atoms with Crippen molar-refractivity contribution in [1.82, 2.24) is 19.4 Å². The van der Waals surface area contributed by atoms with Crippen LogP contribution in [0.3, 0.4) is 0 Å². The monoisotopic (exact) mass is 342 g/mol. The minimum Gasteiger partial charge on any atom is -0.319 e. The van der Waals surface area contributed by atoms with Gasteiger partial charge in [0.05, 0.1) is 11.4 Å². The summed E-state index contributed by atoms with van der Waals surface area (Å²) in [6.07, 6.45) is 2.00. The zero-order valence-electron chi connectivity index (χ0n) is 15.0. The van der Waals surface area contributed by atoms with E-state index in [-0.39, 0.29) is 0 Å². The van der Waals surface area contributed by atoms with Crippen LogP contribution in [-0.2, 0) is 16.6 Å². The number of sulfonamides is 1. The van der Waals surface area contributed by atoms with Gasteiger partial charge in [-0.2, -0.15) is 9.40 Å². The number of nitrogens with zero attached hydrogens (tertiary/aromatic N) is 3. The van der Waals surface area contributed by atoms with E-state index >= 15 is 0 Å². The Balaban J connectivity index is 2.30. The largest absolute Gasteiger partial charge is 0.319 e. The molecule has 7 heteroatoms. The fourth-order valence-electron chi connectivity index (χ4n) is 3.41. The summed E-state index contributed by atoms with van der Waals surface area (Å²) in [5.74, 6) is 0.813. The molecule has 1 aliphatic rings. The second kappa shape index (κ2) is 7.32. The Hall–Kier alpha value is -0.920. The molecule has 1 saturated heterocycles. The Bertz CT molecular complexity index is 635. The van der Waals surface area contributed by atoms with Gasteiger partial charge in [-0.25, -0.2) is 8.42 Å². The molecule has 0 amide bonds. The average Bonchev–Trinajstić information content (AvgIpc) is 2.73. The predicted molar refractivity (Wildman–Crippen MR) is 91.9 cm³/mol. The highest BCUT2D eigenvalue weighted by Gasteiger charge is 2.34. The summed E-state index contributed by atoms with van der Waals surface area (Å²) in [6.45, 7) is 10.7. The molecule has 1 atom stereocenters. The molecule has 0 radical (unpaired) electrons. The Morgan fingerprint density at radius 1 is 1.35 bits per heavy atom. The van der Waals surface area contributed by atoms with Crippen molar-refractivity contribution in [2.45, 2.75) is 52.0 Å².